The molecule has 1 spiro atoms. The van der Waals surface area contributed by atoms with Crippen LogP contribution < -0.4 is 4.74 Å². The molecule has 1 aromatic carbocycles. The van der Waals surface area contributed by atoms with Crippen molar-refractivity contribution in [3.8, 4) is 5.75 Å². The molecule has 12 nitrogen and oxygen atoms in total. The summed E-state index contributed by atoms with van der Waals surface area (Å²) in [6.07, 6.45) is -4.56. The number of hydrogen-bond donors (Lipinski definition) is 3. The predicted molar refractivity (Wildman–Crippen MR) is 167 cm³/mol. The van der Waals surface area contributed by atoms with Gasteiger partial charge in [0.25, 0.3) is 0 Å². The summed E-state index contributed by atoms with van der Waals surface area (Å²) in [6.45, 7) is 5.81. The number of benzene rings is 1. The van der Waals surface area contributed by atoms with Crippen molar-refractivity contribution in [1.82, 2.24) is 4.90 Å². The summed E-state index contributed by atoms with van der Waals surface area (Å²) in [7, 11) is 8.06. The summed E-state index contributed by atoms with van der Waals surface area (Å²) < 4.78 is 43.5. The molecular formula is C35H51NO11. The summed E-state index contributed by atoms with van der Waals surface area (Å²) in [5, 5.41) is 37.5. The number of esters is 1. The Morgan fingerprint density at radius 2 is 1.70 bits per heavy atom. The van der Waals surface area contributed by atoms with Gasteiger partial charge in [-0.15, -0.1) is 0 Å². The van der Waals surface area contributed by atoms with E-state index in [9.17, 15) is 20.1 Å². The van der Waals surface area contributed by atoms with Crippen molar-refractivity contribution >= 4 is 5.97 Å². The minimum atomic E-state index is -1.74. The van der Waals surface area contributed by atoms with Crippen LogP contribution in [0.3, 0.4) is 0 Å². The average molecular weight is 662 g/mol. The predicted octanol–water partition coefficient (Wildman–Crippen LogP) is 1.13. The Morgan fingerprint density at radius 1 is 0.979 bits per heavy atom. The molecule has 3 N–H and O–H groups in total. The fourth-order valence-electron chi connectivity index (χ4n) is 12.5. The number of hydrogen-bond acceptors (Lipinski definition) is 12. The Labute approximate surface area is 276 Å². The lowest BCUT2D eigenvalue weighted by Crippen LogP contribution is -2.81. The third-order valence-corrected chi connectivity index (χ3v) is 13.6. The standard InChI is InChI=1S/C35H51NO11/c1-8-36-16-32(17-41-3)21(37)14-22(43-5)34-20-15-33(40)29(47-31(39)18-10-12-19(42-4)13-11-18)23(20)35(46-9-2,28(38)30(33)45-7)24(27(34)36)25(44-6)26(32)34/h10-13,20-30,37-38,40H,8-9,14-17H2,1-7H3/t20-,21-,22+,23-,24?,25+,26-,27?,28+,29-,30+,32+,33-,34?,35-/m1/s1. The maximum absolute atomic E-state index is 13.9. The van der Waals surface area contributed by atoms with Crippen molar-refractivity contribution < 1.29 is 53.3 Å². The van der Waals surface area contributed by atoms with Crippen LogP contribution in [0.1, 0.15) is 37.0 Å². The van der Waals surface area contributed by atoms with Gasteiger partial charge < -0.3 is 48.5 Å². The molecule has 0 radical (unpaired) electrons. The van der Waals surface area contributed by atoms with E-state index in [1.165, 1.54) is 7.11 Å². The van der Waals surface area contributed by atoms with Gasteiger partial charge in [0.2, 0.25) is 0 Å². The molecule has 0 amide bonds. The van der Waals surface area contributed by atoms with Crippen LogP contribution in [0.15, 0.2) is 24.3 Å². The van der Waals surface area contributed by atoms with Crippen molar-refractivity contribution in [1.29, 1.82) is 0 Å². The fourth-order valence-corrected chi connectivity index (χ4v) is 12.5. The topological polar surface area (TPSA) is 146 Å². The number of methoxy groups -OCH3 is 5. The molecule has 0 aromatic heterocycles. The van der Waals surface area contributed by atoms with Gasteiger partial charge in [-0.25, -0.2) is 4.79 Å². The first kappa shape index (κ1) is 33.6. The Kier molecular flexibility index (Phi) is 8.30. The summed E-state index contributed by atoms with van der Waals surface area (Å²) in [6, 6.07) is 6.45. The molecule has 12 heteroatoms. The first-order chi connectivity index (χ1) is 22.6. The third kappa shape index (κ3) is 3.88. The highest BCUT2D eigenvalue weighted by Gasteiger charge is 2.91. The van der Waals surface area contributed by atoms with E-state index in [1.54, 1.807) is 52.7 Å². The Balaban J connectivity index is 1.48. The van der Waals surface area contributed by atoms with Gasteiger partial charge in [0.15, 0.2) is 0 Å². The van der Waals surface area contributed by atoms with Gasteiger partial charge >= 0.3 is 5.97 Å². The highest BCUT2D eigenvalue weighted by atomic mass is 16.6. The Bertz CT molecular complexity index is 1350. The van der Waals surface area contributed by atoms with Crippen molar-refractivity contribution in [2.75, 3.05) is 61.9 Å². The molecule has 5 aliphatic carbocycles. The monoisotopic (exact) mass is 661 g/mol. The van der Waals surface area contributed by atoms with Gasteiger partial charge in [-0.3, -0.25) is 4.90 Å². The smallest absolute Gasteiger partial charge is 0.338 e. The number of piperidine rings is 1. The molecule has 1 saturated heterocycles. The molecule has 6 aliphatic rings. The summed E-state index contributed by atoms with van der Waals surface area (Å²) in [4.78, 5) is 16.3. The zero-order valence-corrected chi connectivity index (χ0v) is 28.5. The largest absolute Gasteiger partial charge is 0.497 e. The second kappa shape index (κ2) is 11.6. The van der Waals surface area contributed by atoms with E-state index in [-0.39, 0.29) is 30.9 Å². The molecule has 262 valence electrons. The van der Waals surface area contributed by atoms with Gasteiger partial charge in [-0.2, -0.15) is 0 Å². The van der Waals surface area contributed by atoms with E-state index in [1.807, 2.05) is 6.92 Å². The lowest BCUT2D eigenvalue weighted by atomic mass is 9.42. The number of aliphatic hydroxyl groups excluding tert-OH is 2. The highest BCUT2D eigenvalue weighted by molar-refractivity contribution is 5.89. The Morgan fingerprint density at radius 3 is 2.28 bits per heavy atom. The number of ether oxygens (including phenoxy) is 7. The zero-order valence-electron chi connectivity index (χ0n) is 28.5. The van der Waals surface area contributed by atoms with Crippen LogP contribution in [-0.2, 0) is 28.4 Å². The maximum atomic E-state index is 13.9. The van der Waals surface area contributed by atoms with Crippen LogP contribution in [0.25, 0.3) is 0 Å². The molecule has 7 bridgehead atoms. The quantitative estimate of drug-likeness (QED) is 0.293. The molecule has 6 fully saturated rings. The van der Waals surface area contributed by atoms with Crippen LogP contribution in [0.2, 0.25) is 0 Å². The van der Waals surface area contributed by atoms with Crippen LogP contribution in [0, 0.1) is 34.5 Å². The third-order valence-electron chi connectivity index (χ3n) is 13.6. The second-order valence-corrected chi connectivity index (χ2v) is 14.6. The van der Waals surface area contributed by atoms with Crippen LogP contribution >= 0.6 is 0 Å². The van der Waals surface area contributed by atoms with E-state index in [4.69, 9.17) is 33.2 Å². The van der Waals surface area contributed by atoms with E-state index >= 15 is 0 Å². The Hall–Kier alpha value is -1.87. The number of aliphatic hydroxyl groups is 3. The van der Waals surface area contributed by atoms with E-state index in [0.717, 1.165) is 0 Å². The van der Waals surface area contributed by atoms with Gasteiger partial charge in [0, 0.05) is 82.6 Å². The molecule has 7 rings (SSSR count). The lowest BCUT2D eigenvalue weighted by Gasteiger charge is -2.70. The number of carbonyl (C=O) groups excluding carboxylic acids is 1. The first-order valence-corrected chi connectivity index (χ1v) is 17.0. The van der Waals surface area contributed by atoms with Gasteiger partial charge in [-0.1, -0.05) is 6.92 Å². The van der Waals surface area contributed by atoms with E-state index in [0.29, 0.717) is 37.4 Å². The SMILES string of the molecule is CCO[C@@]12C3C4N(CC)C[C@]5(COC)[C@H](O)C[C@H](OC)C4([C@@H]4C[C@@](O)([C@H](OC(=O)c6ccc(OC)cc6)[C@@H]41)[C@@H](OC)[C@@H]2O)[C@@H]5[C@H]3OC. The molecule has 47 heavy (non-hydrogen) atoms. The number of likely N-dealkylation sites (tertiary alicyclic amines) is 1. The van der Waals surface area contributed by atoms with Crippen molar-refractivity contribution in [3.05, 3.63) is 29.8 Å². The van der Waals surface area contributed by atoms with Crippen LogP contribution in [-0.4, -0.2) is 142 Å². The van der Waals surface area contributed by atoms with Crippen molar-refractivity contribution in [3.63, 3.8) is 0 Å². The summed E-state index contributed by atoms with van der Waals surface area (Å²) in [5.74, 6) is -1.71. The number of fused-ring (bicyclic) bond motifs is 2. The molecular weight excluding hydrogens is 610 g/mol. The normalized spacial score (nSPS) is 49.2. The molecule has 1 aliphatic heterocycles. The summed E-state index contributed by atoms with van der Waals surface area (Å²) >= 11 is 0. The summed E-state index contributed by atoms with van der Waals surface area (Å²) in [5.41, 5.74) is -4.16. The fraction of sp³-hybridized carbons (Fsp3) is 0.800. The average Bonchev–Trinajstić information content (AvgIpc) is 3.44. The number of nitrogens with zero attached hydrogens (tertiary/aromatic N) is 1. The number of rotatable bonds is 11. The molecule has 1 aromatic rings. The van der Waals surface area contributed by atoms with E-state index in [2.05, 4.69) is 11.8 Å². The second-order valence-electron chi connectivity index (χ2n) is 14.6. The van der Waals surface area contributed by atoms with Gasteiger partial charge in [-0.05, 0) is 50.1 Å². The van der Waals surface area contributed by atoms with Gasteiger partial charge in [0.1, 0.15) is 35.3 Å². The minimum Gasteiger partial charge on any atom is -0.497 e. The number of carbonyl (C=O) groups is 1. The molecule has 3 unspecified atom stereocenters. The highest BCUT2D eigenvalue weighted by Crippen LogP contribution is 2.80. The first-order valence-electron chi connectivity index (χ1n) is 17.0. The lowest BCUT2D eigenvalue weighted by molar-refractivity contribution is -0.330. The van der Waals surface area contributed by atoms with Gasteiger partial charge in [0.05, 0.1) is 37.6 Å². The van der Waals surface area contributed by atoms with E-state index < -0.39 is 76.5 Å². The minimum absolute atomic E-state index is 0.176. The molecule has 15 atom stereocenters. The molecule has 5 saturated carbocycles. The van der Waals surface area contributed by atoms with Crippen LogP contribution in [0.5, 0.6) is 5.75 Å². The van der Waals surface area contributed by atoms with Crippen LogP contribution in [0.4, 0.5) is 0 Å². The maximum Gasteiger partial charge on any atom is 0.338 e. The van der Waals surface area contributed by atoms with Crippen molar-refractivity contribution in [2.24, 2.45) is 34.5 Å². The zero-order chi connectivity index (χ0) is 33.7. The molecule has 1 heterocycles. The van der Waals surface area contributed by atoms with Crippen molar-refractivity contribution in [2.45, 2.75) is 80.6 Å².